The minimum atomic E-state index is -0.683. The molecular weight excluding hydrogens is 406 g/mol. The molecule has 0 saturated carbocycles. The number of halogens is 1. The van der Waals surface area contributed by atoms with Crippen molar-refractivity contribution >= 4 is 35.2 Å². The maximum atomic E-state index is 12.9. The van der Waals surface area contributed by atoms with Crippen LogP contribution in [0, 0.1) is 6.92 Å². The normalized spacial score (nSPS) is 10.6. The number of amides is 2. The monoisotopic (exact) mass is 423 g/mol. The van der Waals surface area contributed by atoms with E-state index in [9.17, 15) is 9.59 Å². The Morgan fingerprint density at radius 1 is 1.13 bits per heavy atom. The second-order valence-corrected chi connectivity index (χ2v) is 6.66. The first kappa shape index (κ1) is 21.0. The lowest BCUT2D eigenvalue weighted by Gasteiger charge is -2.13. The largest absolute Gasteiger partial charge is 0.438 e. The minimum Gasteiger partial charge on any atom is -0.438 e. The first-order valence-electron chi connectivity index (χ1n) is 8.89. The Morgan fingerprint density at radius 3 is 2.70 bits per heavy atom. The molecule has 0 aliphatic rings. The van der Waals surface area contributed by atoms with Gasteiger partial charge in [0.05, 0.1) is 0 Å². The van der Waals surface area contributed by atoms with Gasteiger partial charge in [0.15, 0.2) is 0 Å². The van der Waals surface area contributed by atoms with Crippen LogP contribution in [0.5, 0.6) is 11.6 Å². The third kappa shape index (κ3) is 5.22. The fraction of sp³-hybridized carbons (Fsp3) is 0.0455. The molecule has 0 aliphatic heterocycles. The zero-order valence-electron chi connectivity index (χ0n) is 15.9. The number of carbonyl (C=O) groups is 2. The van der Waals surface area contributed by atoms with Crippen molar-refractivity contribution in [3.05, 3.63) is 88.6 Å². The maximum Gasteiger partial charge on any atom is 0.267 e. The molecule has 30 heavy (non-hydrogen) atoms. The van der Waals surface area contributed by atoms with Crippen LogP contribution < -0.4 is 15.5 Å². The Morgan fingerprint density at radius 2 is 1.93 bits per heavy atom. The van der Waals surface area contributed by atoms with Crippen molar-refractivity contribution in [3.8, 4) is 11.6 Å². The number of ether oxygens (including phenoxy) is 1. The first-order valence-corrected chi connectivity index (χ1v) is 9.27. The number of nitrogens with one attached hydrogen (secondary N) is 2. The molecular formula is C22H18ClN3O4. The SMILES string of the molecule is Cc1cc(Cl)ccc1Oc1ncccc1C(=O)Nc1ccccc1/C=C/C(=O)NO. The molecule has 0 saturated heterocycles. The fourth-order valence-electron chi connectivity index (χ4n) is 2.63. The van der Waals surface area contributed by atoms with Gasteiger partial charge in [-0.15, -0.1) is 0 Å². The number of hydrogen-bond donors (Lipinski definition) is 3. The van der Waals surface area contributed by atoms with Gasteiger partial charge in [0, 0.05) is 23.0 Å². The second-order valence-electron chi connectivity index (χ2n) is 6.22. The van der Waals surface area contributed by atoms with Crippen molar-refractivity contribution in [1.82, 2.24) is 10.5 Å². The molecule has 2 amide bonds. The number of anilines is 1. The molecule has 1 heterocycles. The molecule has 0 atom stereocenters. The van der Waals surface area contributed by atoms with E-state index in [0.717, 1.165) is 11.6 Å². The Hall–Kier alpha value is -3.68. The summed E-state index contributed by atoms with van der Waals surface area (Å²) in [5.74, 6) is -0.437. The van der Waals surface area contributed by atoms with Crippen LogP contribution in [0.3, 0.4) is 0 Å². The summed E-state index contributed by atoms with van der Waals surface area (Å²) in [6.07, 6.45) is 4.15. The second kappa shape index (κ2) is 9.69. The van der Waals surface area contributed by atoms with E-state index < -0.39 is 11.8 Å². The fourth-order valence-corrected chi connectivity index (χ4v) is 2.85. The molecule has 2 aromatic carbocycles. The lowest BCUT2D eigenvalue weighted by atomic mass is 10.1. The molecule has 0 aliphatic carbocycles. The number of aromatic nitrogens is 1. The molecule has 152 valence electrons. The number of para-hydroxylation sites is 1. The van der Waals surface area contributed by atoms with Crippen LogP contribution in [0.25, 0.3) is 6.08 Å². The molecule has 0 unspecified atom stereocenters. The van der Waals surface area contributed by atoms with E-state index in [4.69, 9.17) is 21.5 Å². The van der Waals surface area contributed by atoms with Gasteiger partial charge in [-0.05, 0) is 60.5 Å². The molecule has 3 aromatic rings. The number of carbonyl (C=O) groups excluding carboxylic acids is 2. The molecule has 0 spiro atoms. The summed E-state index contributed by atoms with van der Waals surface area (Å²) in [5, 5.41) is 12.0. The number of nitrogens with zero attached hydrogens (tertiary/aromatic N) is 1. The minimum absolute atomic E-state index is 0.146. The average Bonchev–Trinajstić information content (AvgIpc) is 2.75. The highest BCUT2D eigenvalue weighted by Gasteiger charge is 2.16. The van der Waals surface area contributed by atoms with Crippen molar-refractivity contribution in [2.45, 2.75) is 6.92 Å². The number of aryl methyl sites for hydroxylation is 1. The van der Waals surface area contributed by atoms with Crippen LogP contribution in [0.1, 0.15) is 21.5 Å². The van der Waals surface area contributed by atoms with E-state index in [2.05, 4.69) is 10.3 Å². The summed E-state index contributed by atoms with van der Waals surface area (Å²) < 4.78 is 5.85. The van der Waals surface area contributed by atoms with Crippen LogP contribution in [0.2, 0.25) is 5.02 Å². The lowest BCUT2D eigenvalue weighted by Crippen LogP contribution is -2.15. The molecule has 3 rings (SSSR count). The van der Waals surface area contributed by atoms with Gasteiger partial charge in [-0.2, -0.15) is 0 Å². The highest BCUT2D eigenvalue weighted by atomic mass is 35.5. The molecule has 1 aromatic heterocycles. The smallest absolute Gasteiger partial charge is 0.267 e. The van der Waals surface area contributed by atoms with Crippen molar-refractivity contribution in [3.63, 3.8) is 0 Å². The molecule has 7 nitrogen and oxygen atoms in total. The summed E-state index contributed by atoms with van der Waals surface area (Å²) in [7, 11) is 0. The van der Waals surface area contributed by atoms with Gasteiger partial charge in [0.25, 0.3) is 11.8 Å². The number of rotatable bonds is 6. The molecule has 0 bridgehead atoms. The summed E-state index contributed by atoms with van der Waals surface area (Å²) in [4.78, 5) is 28.3. The standard InChI is InChI=1S/C22H18ClN3O4/c1-14-13-16(23)9-10-19(14)30-22-17(6-4-12-24-22)21(28)25-18-7-3-2-5-15(18)8-11-20(27)26-29/h2-13,29H,1H3,(H,25,28)(H,26,27)/b11-8+. The van der Waals surface area contributed by atoms with Gasteiger partial charge < -0.3 is 10.1 Å². The third-order valence-corrected chi connectivity index (χ3v) is 4.33. The van der Waals surface area contributed by atoms with E-state index >= 15 is 0 Å². The molecule has 8 heteroatoms. The lowest BCUT2D eigenvalue weighted by molar-refractivity contribution is -0.124. The Kier molecular flexibility index (Phi) is 6.79. The van der Waals surface area contributed by atoms with E-state index in [0.29, 0.717) is 22.0 Å². The van der Waals surface area contributed by atoms with E-state index in [1.54, 1.807) is 54.6 Å². The zero-order valence-corrected chi connectivity index (χ0v) is 16.7. The average molecular weight is 424 g/mol. The predicted molar refractivity (Wildman–Crippen MR) is 114 cm³/mol. The topological polar surface area (TPSA) is 101 Å². The Bertz CT molecular complexity index is 1120. The highest BCUT2D eigenvalue weighted by Crippen LogP contribution is 2.29. The Balaban J connectivity index is 1.85. The summed E-state index contributed by atoms with van der Waals surface area (Å²) in [6, 6.07) is 15.3. The molecule has 3 N–H and O–H groups in total. The Labute approximate surface area is 177 Å². The summed E-state index contributed by atoms with van der Waals surface area (Å²) >= 11 is 5.98. The van der Waals surface area contributed by atoms with Gasteiger partial charge in [-0.3, -0.25) is 14.8 Å². The van der Waals surface area contributed by atoms with Crippen molar-refractivity contribution in [2.24, 2.45) is 0 Å². The predicted octanol–water partition coefficient (Wildman–Crippen LogP) is 4.61. The zero-order chi connectivity index (χ0) is 21.5. The van der Waals surface area contributed by atoms with Crippen molar-refractivity contribution < 1.29 is 19.5 Å². The van der Waals surface area contributed by atoms with Crippen LogP contribution in [-0.2, 0) is 4.79 Å². The van der Waals surface area contributed by atoms with Crippen LogP contribution in [-0.4, -0.2) is 22.0 Å². The van der Waals surface area contributed by atoms with E-state index in [1.807, 2.05) is 6.92 Å². The van der Waals surface area contributed by atoms with Gasteiger partial charge >= 0.3 is 0 Å². The third-order valence-electron chi connectivity index (χ3n) is 4.09. The van der Waals surface area contributed by atoms with Gasteiger partial charge in [-0.25, -0.2) is 10.5 Å². The van der Waals surface area contributed by atoms with Crippen molar-refractivity contribution in [1.29, 1.82) is 0 Å². The van der Waals surface area contributed by atoms with E-state index in [-0.39, 0.29) is 11.4 Å². The van der Waals surface area contributed by atoms with Crippen LogP contribution in [0.15, 0.2) is 66.9 Å². The van der Waals surface area contributed by atoms with Crippen LogP contribution in [0.4, 0.5) is 5.69 Å². The number of hydroxylamine groups is 1. The molecule has 0 radical (unpaired) electrons. The summed E-state index contributed by atoms with van der Waals surface area (Å²) in [6.45, 7) is 1.84. The van der Waals surface area contributed by atoms with Crippen molar-refractivity contribution in [2.75, 3.05) is 5.32 Å². The number of benzene rings is 2. The first-order chi connectivity index (χ1) is 14.5. The van der Waals surface area contributed by atoms with Gasteiger partial charge in [0.1, 0.15) is 11.3 Å². The quantitative estimate of drug-likeness (QED) is 0.305. The highest BCUT2D eigenvalue weighted by molar-refractivity contribution is 6.30. The summed E-state index contributed by atoms with van der Waals surface area (Å²) in [5.41, 5.74) is 3.60. The maximum absolute atomic E-state index is 12.9. The van der Waals surface area contributed by atoms with Gasteiger partial charge in [-0.1, -0.05) is 29.8 Å². The number of hydrogen-bond acceptors (Lipinski definition) is 5. The molecule has 0 fully saturated rings. The van der Waals surface area contributed by atoms with Gasteiger partial charge in [0.2, 0.25) is 5.88 Å². The van der Waals surface area contributed by atoms with Crippen LogP contribution >= 0.6 is 11.6 Å². The number of pyridine rings is 1. The van der Waals surface area contributed by atoms with E-state index in [1.165, 1.54) is 17.8 Å².